The number of hydrogen-bond donors (Lipinski definition) is 1. The Hall–Kier alpha value is -2.60. The van der Waals surface area contributed by atoms with Gasteiger partial charge >= 0.3 is 0 Å². The largest absolute Gasteiger partial charge is 0.484 e. The molecule has 0 heterocycles. The van der Waals surface area contributed by atoms with Gasteiger partial charge in [0.1, 0.15) is 17.6 Å². The van der Waals surface area contributed by atoms with E-state index < -0.39 is 6.04 Å². The summed E-state index contributed by atoms with van der Waals surface area (Å²) in [7, 11) is 0. The van der Waals surface area contributed by atoms with Crippen LogP contribution in [0.25, 0.3) is 0 Å². The average molecular weight is 407 g/mol. The summed E-state index contributed by atoms with van der Waals surface area (Å²) in [5, 5.41) is 3.36. The Kier molecular flexibility index (Phi) is 7.81. The van der Waals surface area contributed by atoms with Crippen LogP contribution in [0.4, 0.5) is 4.39 Å². The van der Waals surface area contributed by atoms with Crippen LogP contribution in [-0.4, -0.2) is 35.4 Å². The molecule has 2 aromatic rings. The van der Waals surface area contributed by atoms with Crippen molar-refractivity contribution in [2.24, 2.45) is 0 Å². The van der Waals surface area contributed by atoms with Gasteiger partial charge in [0.05, 0.1) is 0 Å². The van der Waals surface area contributed by atoms with E-state index in [2.05, 4.69) is 5.32 Å². The molecule has 0 fully saturated rings. The van der Waals surface area contributed by atoms with E-state index in [1.54, 1.807) is 25.1 Å². The molecule has 2 rings (SSSR count). The molecule has 0 aliphatic rings. The summed E-state index contributed by atoms with van der Waals surface area (Å²) in [5.41, 5.74) is 0.798. The smallest absolute Gasteiger partial charge is 0.261 e. The second kappa shape index (κ2) is 10.1. The van der Waals surface area contributed by atoms with Gasteiger partial charge in [-0.15, -0.1) is 0 Å². The first-order valence-electron chi connectivity index (χ1n) is 8.99. The second-order valence-electron chi connectivity index (χ2n) is 6.73. The standard InChI is InChI=1S/C21H24ClFN2O3/c1-14(2)24-21(27)15(3)25(12-16-5-4-6-17(22)11-16)20(26)13-28-19-9-7-18(23)8-10-19/h4-11,14-15H,12-13H2,1-3H3,(H,24,27)/t15-/m0/s1. The molecule has 2 amide bonds. The van der Waals surface area contributed by atoms with E-state index in [1.165, 1.54) is 29.2 Å². The Balaban J connectivity index is 2.14. The summed E-state index contributed by atoms with van der Waals surface area (Å²) in [6, 6.07) is 11.7. The van der Waals surface area contributed by atoms with Crippen LogP contribution in [0.1, 0.15) is 26.3 Å². The predicted molar refractivity (Wildman–Crippen MR) is 107 cm³/mol. The van der Waals surface area contributed by atoms with Gasteiger partial charge in [0.25, 0.3) is 5.91 Å². The molecular formula is C21H24ClFN2O3. The van der Waals surface area contributed by atoms with Crippen LogP contribution < -0.4 is 10.1 Å². The maximum absolute atomic E-state index is 13.0. The van der Waals surface area contributed by atoms with Gasteiger partial charge < -0.3 is 15.0 Å². The van der Waals surface area contributed by atoms with Crippen molar-refractivity contribution < 1.29 is 18.7 Å². The lowest BCUT2D eigenvalue weighted by Gasteiger charge is -2.29. The fourth-order valence-electron chi connectivity index (χ4n) is 2.58. The number of carbonyl (C=O) groups is 2. The zero-order chi connectivity index (χ0) is 20.7. The minimum atomic E-state index is -0.703. The van der Waals surface area contributed by atoms with Gasteiger partial charge in [-0.2, -0.15) is 0 Å². The lowest BCUT2D eigenvalue weighted by atomic mass is 10.1. The Morgan fingerprint density at radius 1 is 1.14 bits per heavy atom. The molecule has 0 saturated heterocycles. The molecule has 2 aromatic carbocycles. The molecule has 150 valence electrons. The van der Waals surface area contributed by atoms with Crippen molar-refractivity contribution in [1.82, 2.24) is 10.2 Å². The van der Waals surface area contributed by atoms with Gasteiger partial charge in [0, 0.05) is 17.6 Å². The van der Waals surface area contributed by atoms with Crippen molar-refractivity contribution in [3.8, 4) is 5.75 Å². The summed E-state index contributed by atoms with van der Waals surface area (Å²) in [6.45, 7) is 5.30. The second-order valence-corrected chi connectivity index (χ2v) is 7.17. The number of halogens is 2. The van der Waals surface area contributed by atoms with Crippen molar-refractivity contribution in [3.63, 3.8) is 0 Å². The van der Waals surface area contributed by atoms with Crippen molar-refractivity contribution in [1.29, 1.82) is 0 Å². The van der Waals surface area contributed by atoms with Gasteiger partial charge in [-0.1, -0.05) is 23.7 Å². The topological polar surface area (TPSA) is 58.6 Å². The monoisotopic (exact) mass is 406 g/mol. The fraction of sp³-hybridized carbons (Fsp3) is 0.333. The average Bonchev–Trinajstić information content (AvgIpc) is 2.64. The molecule has 1 atom stereocenters. The highest BCUT2D eigenvalue weighted by atomic mass is 35.5. The maximum Gasteiger partial charge on any atom is 0.261 e. The van der Waals surface area contributed by atoms with E-state index in [9.17, 15) is 14.0 Å². The van der Waals surface area contributed by atoms with E-state index in [1.807, 2.05) is 19.9 Å². The molecule has 0 spiro atoms. The first-order valence-corrected chi connectivity index (χ1v) is 9.36. The zero-order valence-corrected chi connectivity index (χ0v) is 16.9. The minimum Gasteiger partial charge on any atom is -0.484 e. The molecule has 28 heavy (non-hydrogen) atoms. The van der Waals surface area contributed by atoms with Crippen LogP contribution in [-0.2, 0) is 16.1 Å². The molecule has 0 aliphatic carbocycles. The number of ether oxygens (including phenoxy) is 1. The van der Waals surface area contributed by atoms with Crippen LogP contribution in [0, 0.1) is 5.82 Å². The van der Waals surface area contributed by atoms with Gasteiger partial charge in [0.2, 0.25) is 5.91 Å². The highest BCUT2D eigenvalue weighted by Gasteiger charge is 2.26. The quantitative estimate of drug-likeness (QED) is 0.725. The highest BCUT2D eigenvalue weighted by molar-refractivity contribution is 6.30. The normalized spacial score (nSPS) is 11.8. The minimum absolute atomic E-state index is 0.0477. The number of carbonyl (C=O) groups excluding carboxylic acids is 2. The Labute approximate surface area is 169 Å². The molecule has 0 unspecified atom stereocenters. The predicted octanol–water partition coefficient (Wildman–Crippen LogP) is 3.80. The summed E-state index contributed by atoms with van der Waals surface area (Å²) in [4.78, 5) is 26.7. The van der Waals surface area contributed by atoms with Crippen LogP contribution >= 0.6 is 11.6 Å². The number of nitrogens with zero attached hydrogens (tertiary/aromatic N) is 1. The number of benzene rings is 2. The fourth-order valence-corrected chi connectivity index (χ4v) is 2.79. The van der Waals surface area contributed by atoms with E-state index in [4.69, 9.17) is 16.3 Å². The van der Waals surface area contributed by atoms with Crippen LogP contribution in [0.3, 0.4) is 0 Å². The third kappa shape index (κ3) is 6.53. The van der Waals surface area contributed by atoms with Crippen LogP contribution in [0.15, 0.2) is 48.5 Å². The van der Waals surface area contributed by atoms with Gasteiger partial charge in [-0.25, -0.2) is 4.39 Å². The van der Waals surface area contributed by atoms with Crippen molar-refractivity contribution in [2.75, 3.05) is 6.61 Å². The molecule has 0 aliphatic heterocycles. The summed E-state index contributed by atoms with van der Waals surface area (Å²) in [5.74, 6) is -0.639. The summed E-state index contributed by atoms with van der Waals surface area (Å²) in [6.07, 6.45) is 0. The van der Waals surface area contributed by atoms with Crippen molar-refractivity contribution in [2.45, 2.75) is 39.4 Å². The lowest BCUT2D eigenvalue weighted by Crippen LogP contribution is -2.50. The van der Waals surface area contributed by atoms with E-state index in [-0.39, 0.29) is 36.8 Å². The number of amides is 2. The van der Waals surface area contributed by atoms with Crippen LogP contribution in [0.5, 0.6) is 5.75 Å². The third-order valence-corrected chi connectivity index (χ3v) is 4.25. The summed E-state index contributed by atoms with van der Waals surface area (Å²) < 4.78 is 18.5. The molecular weight excluding hydrogens is 383 g/mol. The molecule has 0 bridgehead atoms. The number of rotatable bonds is 8. The maximum atomic E-state index is 13.0. The van der Waals surface area contributed by atoms with Crippen molar-refractivity contribution in [3.05, 3.63) is 64.9 Å². The molecule has 0 aromatic heterocycles. The Morgan fingerprint density at radius 3 is 2.43 bits per heavy atom. The molecule has 7 heteroatoms. The van der Waals surface area contributed by atoms with Gasteiger partial charge in [-0.3, -0.25) is 9.59 Å². The first-order chi connectivity index (χ1) is 13.3. The van der Waals surface area contributed by atoms with Crippen LogP contribution in [0.2, 0.25) is 5.02 Å². The molecule has 0 saturated carbocycles. The lowest BCUT2D eigenvalue weighted by molar-refractivity contribution is -0.142. The first kappa shape index (κ1) is 21.7. The SMILES string of the molecule is CC(C)NC(=O)[C@H](C)N(Cc1cccc(Cl)c1)C(=O)COc1ccc(F)cc1. The van der Waals surface area contributed by atoms with Gasteiger partial charge in [-0.05, 0) is 62.7 Å². The van der Waals surface area contributed by atoms with Gasteiger partial charge in [0.15, 0.2) is 6.61 Å². The highest BCUT2D eigenvalue weighted by Crippen LogP contribution is 2.16. The number of nitrogens with one attached hydrogen (secondary N) is 1. The Morgan fingerprint density at radius 2 is 1.82 bits per heavy atom. The van der Waals surface area contributed by atoms with E-state index in [0.29, 0.717) is 10.8 Å². The zero-order valence-electron chi connectivity index (χ0n) is 16.1. The van der Waals surface area contributed by atoms with E-state index >= 15 is 0 Å². The molecule has 1 N–H and O–H groups in total. The molecule has 5 nitrogen and oxygen atoms in total. The third-order valence-electron chi connectivity index (χ3n) is 4.02. The Bertz CT molecular complexity index is 812. The molecule has 0 radical (unpaired) electrons. The summed E-state index contributed by atoms with van der Waals surface area (Å²) >= 11 is 6.03. The van der Waals surface area contributed by atoms with Crippen molar-refractivity contribution >= 4 is 23.4 Å². The number of hydrogen-bond acceptors (Lipinski definition) is 3. The van der Waals surface area contributed by atoms with E-state index in [0.717, 1.165) is 5.56 Å².